The van der Waals surface area contributed by atoms with Gasteiger partial charge in [0.2, 0.25) is 0 Å². The molecular formula is C28H35N7O2. The lowest BCUT2D eigenvalue weighted by molar-refractivity contribution is 0.171. The predicted octanol–water partition coefficient (Wildman–Crippen LogP) is 3.31. The summed E-state index contributed by atoms with van der Waals surface area (Å²) in [7, 11) is 1.66. The Balaban J connectivity index is 1.53. The fourth-order valence-electron chi connectivity index (χ4n) is 5.24. The monoisotopic (exact) mass is 501 g/mol. The van der Waals surface area contributed by atoms with Crippen molar-refractivity contribution in [2.75, 3.05) is 44.8 Å². The number of fused-ring (bicyclic) bond motifs is 1. The summed E-state index contributed by atoms with van der Waals surface area (Å²) >= 11 is 0. The summed E-state index contributed by atoms with van der Waals surface area (Å²) in [4.78, 5) is 21.4. The fraction of sp³-hybridized carbons (Fsp3) is 0.429. The van der Waals surface area contributed by atoms with E-state index in [9.17, 15) is 4.79 Å². The Morgan fingerprint density at radius 2 is 1.76 bits per heavy atom. The van der Waals surface area contributed by atoms with Gasteiger partial charge in [0.05, 0.1) is 13.2 Å². The second kappa shape index (κ2) is 10.4. The van der Waals surface area contributed by atoms with Gasteiger partial charge < -0.3 is 14.6 Å². The molecule has 0 aliphatic carbocycles. The van der Waals surface area contributed by atoms with Gasteiger partial charge in [-0.15, -0.1) is 5.10 Å². The molecule has 2 aromatic heterocycles. The lowest BCUT2D eigenvalue weighted by Gasteiger charge is -2.40. The van der Waals surface area contributed by atoms with Gasteiger partial charge in [0.25, 0.3) is 5.56 Å². The highest BCUT2D eigenvalue weighted by atomic mass is 16.5. The van der Waals surface area contributed by atoms with Crippen molar-refractivity contribution in [1.29, 1.82) is 0 Å². The van der Waals surface area contributed by atoms with Crippen LogP contribution in [0.2, 0.25) is 0 Å². The van der Waals surface area contributed by atoms with E-state index in [1.807, 2.05) is 12.1 Å². The quantitative estimate of drug-likeness (QED) is 0.415. The summed E-state index contributed by atoms with van der Waals surface area (Å²) in [6.45, 7) is 12.7. The van der Waals surface area contributed by atoms with Crippen LogP contribution in [0, 0.1) is 27.7 Å². The minimum absolute atomic E-state index is 0.112. The molecule has 9 nitrogen and oxygen atoms in total. The normalized spacial score (nSPS) is 15.4. The van der Waals surface area contributed by atoms with E-state index >= 15 is 0 Å². The van der Waals surface area contributed by atoms with Crippen LogP contribution in [0.25, 0.3) is 10.9 Å². The largest absolute Gasteiger partial charge is 0.383 e. The van der Waals surface area contributed by atoms with Crippen molar-refractivity contribution in [3.05, 3.63) is 80.4 Å². The Morgan fingerprint density at radius 1 is 1.00 bits per heavy atom. The van der Waals surface area contributed by atoms with Crippen LogP contribution in [0.5, 0.6) is 0 Å². The topological polar surface area (TPSA) is 92.2 Å². The maximum absolute atomic E-state index is 13.5. The molecule has 0 saturated carbocycles. The van der Waals surface area contributed by atoms with Crippen LogP contribution >= 0.6 is 0 Å². The first-order valence-corrected chi connectivity index (χ1v) is 12.8. The molecule has 9 heteroatoms. The maximum atomic E-state index is 13.5. The number of tetrazole rings is 1. The number of aryl methyl sites for hydroxylation is 3. The predicted molar refractivity (Wildman–Crippen MR) is 145 cm³/mol. The molecule has 1 aliphatic heterocycles. The molecule has 0 radical (unpaired) electrons. The van der Waals surface area contributed by atoms with Crippen LogP contribution in [0.1, 0.15) is 39.7 Å². The molecule has 194 valence electrons. The average Bonchev–Trinajstić information content (AvgIpc) is 3.34. The van der Waals surface area contributed by atoms with Crippen LogP contribution in [0.3, 0.4) is 0 Å². The van der Waals surface area contributed by atoms with Gasteiger partial charge in [-0.25, -0.2) is 4.68 Å². The van der Waals surface area contributed by atoms with E-state index in [1.54, 1.807) is 11.8 Å². The van der Waals surface area contributed by atoms with Crippen molar-refractivity contribution < 1.29 is 4.74 Å². The highest BCUT2D eigenvalue weighted by molar-refractivity contribution is 5.81. The molecule has 37 heavy (non-hydrogen) atoms. The number of piperazine rings is 1. The number of nitrogens with one attached hydrogen (secondary N) is 1. The van der Waals surface area contributed by atoms with Crippen molar-refractivity contribution in [3.8, 4) is 0 Å². The summed E-state index contributed by atoms with van der Waals surface area (Å²) in [6.07, 6.45) is 0. The van der Waals surface area contributed by atoms with Gasteiger partial charge in [-0.3, -0.25) is 9.69 Å². The summed E-state index contributed by atoms with van der Waals surface area (Å²) in [5.41, 5.74) is 7.61. The number of ether oxygens (including phenoxy) is 1. The molecule has 1 fully saturated rings. The zero-order valence-corrected chi connectivity index (χ0v) is 22.3. The van der Waals surface area contributed by atoms with Gasteiger partial charge in [-0.05, 0) is 90.0 Å². The molecule has 1 atom stereocenters. The highest BCUT2D eigenvalue weighted by Gasteiger charge is 2.33. The third kappa shape index (κ3) is 4.89. The maximum Gasteiger partial charge on any atom is 0.253 e. The number of hydrogen-bond acceptors (Lipinski definition) is 7. The minimum atomic E-state index is -0.373. The van der Waals surface area contributed by atoms with E-state index in [-0.39, 0.29) is 11.6 Å². The van der Waals surface area contributed by atoms with Crippen LogP contribution in [0.4, 0.5) is 5.69 Å². The molecule has 0 amide bonds. The third-order valence-corrected chi connectivity index (χ3v) is 7.69. The van der Waals surface area contributed by atoms with Gasteiger partial charge in [-0.1, -0.05) is 12.1 Å². The lowest BCUT2D eigenvalue weighted by atomic mass is 10.00. The Labute approximate surface area is 217 Å². The minimum Gasteiger partial charge on any atom is -0.383 e. The number of hydrogen-bond donors (Lipinski definition) is 1. The smallest absolute Gasteiger partial charge is 0.253 e. The molecule has 1 unspecified atom stereocenters. The van der Waals surface area contributed by atoms with Crippen LogP contribution in [0.15, 0.2) is 41.2 Å². The third-order valence-electron chi connectivity index (χ3n) is 7.69. The number of methoxy groups -OCH3 is 1. The molecule has 1 saturated heterocycles. The van der Waals surface area contributed by atoms with Gasteiger partial charge in [0, 0.05) is 50.1 Å². The van der Waals surface area contributed by atoms with E-state index in [2.05, 4.69) is 82.3 Å². The number of nitrogens with zero attached hydrogens (tertiary/aromatic N) is 6. The first-order valence-electron chi connectivity index (χ1n) is 12.8. The summed E-state index contributed by atoms with van der Waals surface area (Å²) in [5.74, 6) is 0.658. The molecule has 2 aromatic carbocycles. The first kappa shape index (κ1) is 25.1. The summed E-state index contributed by atoms with van der Waals surface area (Å²) in [5, 5.41) is 13.6. The Kier molecular flexibility index (Phi) is 7.08. The van der Waals surface area contributed by atoms with Crippen LogP contribution in [-0.2, 0) is 11.3 Å². The van der Waals surface area contributed by atoms with Gasteiger partial charge in [-0.2, -0.15) is 0 Å². The summed E-state index contributed by atoms with van der Waals surface area (Å²) < 4.78 is 7.05. The first-order chi connectivity index (χ1) is 17.9. The van der Waals surface area contributed by atoms with Gasteiger partial charge in [0.15, 0.2) is 5.82 Å². The molecule has 0 bridgehead atoms. The number of benzene rings is 2. The number of rotatable bonds is 7. The number of H-pyrrole nitrogens is 1. The Morgan fingerprint density at radius 3 is 2.51 bits per heavy atom. The van der Waals surface area contributed by atoms with Crippen molar-refractivity contribution >= 4 is 16.6 Å². The number of aromatic amines is 1. The average molecular weight is 502 g/mol. The van der Waals surface area contributed by atoms with Gasteiger partial charge >= 0.3 is 0 Å². The second-order valence-corrected chi connectivity index (χ2v) is 9.98. The SMILES string of the molecule is COCCn1nnnc1C(c1cc2cc(C)c(C)cc2[nH]c1=O)N1CCN(c2cccc(C)c2C)CC1. The molecule has 0 spiro atoms. The van der Waals surface area contributed by atoms with Crippen LogP contribution in [-0.4, -0.2) is 70.0 Å². The van der Waals surface area contributed by atoms with Crippen molar-refractivity contribution in [3.63, 3.8) is 0 Å². The standard InChI is InChI=1S/C28H35N7O2/c1-18-7-6-8-25(21(18)4)33-9-11-34(12-10-33)26(27-30-31-32-35(27)13-14-37-5)23-17-22-15-19(2)20(3)16-24(22)29-28(23)36/h6-8,15-17,26H,9-14H2,1-5H3,(H,29,36). The second-order valence-electron chi connectivity index (χ2n) is 9.98. The Hall–Kier alpha value is -3.56. The van der Waals surface area contributed by atoms with E-state index in [0.717, 1.165) is 42.6 Å². The number of pyridine rings is 1. The zero-order valence-electron chi connectivity index (χ0n) is 22.3. The molecule has 4 aromatic rings. The fourth-order valence-corrected chi connectivity index (χ4v) is 5.24. The van der Waals surface area contributed by atoms with Gasteiger partial charge in [0.1, 0.15) is 6.04 Å². The molecule has 1 aliphatic rings. The van der Waals surface area contributed by atoms with Crippen LogP contribution < -0.4 is 10.5 Å². The summed E-state index contributed by atoms with van der Waals surface area (Å²) in [6, 6.07) is 12.3. The van der Waals surface area contributed by atoms with Crippen molar-refractivity contribution in [2.24, 2.45) is 0 Å². The van der Waals surface area contributed by atoms with E-state index in [4.69, 9.17) is 4.74 Å². The Bertz CT molecular complexity index is 1470. The molecule has 3 heterocycles. The van der Waals surface area contributed by atoms with E-state index in [1.165, 1.54) is 22.4 Å². The van der Waals surface area contributed by atoms with Crippen molar-refractivity contribution in [2.45, 2.75) is 40.3 Å². The number of aromatic nitrogens is 5. The van der Waals surface area contributed by atoms with Crippen molar-refractivity contribution in [1.82, 2.24) is 30.1 Å². The van der Waals surface area contributed by atoms with E-state index in [0.29, 0.717) is 24.5 Å². The molecular weight excluding hydrogens is 466 g/mol. The van der Waals surface area contributed by atoms with E-state index < -0.39 is 0 Å². The molecule has 5 rings (SSSR count). The molecule has 1 N–H and O–H groups in total. The lowest BCUT2D eigenvalue weighted by Crippen LogP contribution is -2.49. The zero-order chi connectivity index (χ0) is 26.1. The highest BCUT2D eigenvalue weighted by Crippen LogP contribution is 2.30. The number of anilines is 1.